The lowest BCUT2D eigenvalue weighted by atomic mass is 10.1. The Bertz CT molecular complexity index is 124. The molecule has 0 saturated carbocycles. The third-order valence-corrected chi connectivity index (χ3v) is 2.80. The molecule has 0 aliphatic heterocycles. The van der Waals surface area contributed by atoms with Gasteiger partial charge >= 0.3 is 0 Å². The predicted octanol–water partition coefficient (Wildman–Crippen LogP) is 3.41. The van der Waals surface area contributed by atoms with Crippen molar-refractivity contribution in [3.05, 3.63) is 0 Å². The van der Waals surface area contributed by atoms with E-state index in [-0.39, 0.29) is 13.2 Å². The minimum atomic E-state index is 0.0417. The Kier molecular flexibility index (Phi) is 40.2. The van der Waals surface area contributed by atoms with Crippen LogP contribution in [0.2, 0.25) is 0 Å². The first-order valence-corrected chi connectivity index (χ1v) is 9.02. The van der Waals surface area contributed by atoms with E-state index in [4.69, 9.17) is 19.7 Å². The summed E-state index contributed by atoms with van der Waals surface area (Å²) in [7, 11) is 3.25. The summed E-state index contributed by atoms with van der Waals surface area (Å²) in [6, 6.07) is 0. The van der Waals surface area contributed by atoms with E-state index in [2.05, 4.69) is 18.6 Å². The molecule has 0 rings (SSSR count). The van der Waals surface area contributed by atoms with Crippen molar-refractivity contribution in [1.82, 2.24) is 0 Å². The first kappa shape index (κ1) is 27.6. The van der Waals surface area contributed by atoms with Crippen LogP contribution in [0.5, 0.6) is 0 Å². The van der Waals surface area contributed by atoms with Gasteiger partial charge in [0.05, 0.1) is 39.6 Å². The number of hydrogen-bond donors (Lipinski definition) is 2. The third kappa shape index (κ3) is 44.9. The zero-order valence-corrected chi connectivity index (χ0v) is 16.0. The molecule has 0 unspecified atom stereocenters. The normalized spacial score (nSPS) is 9.65. The van der Waals surface area contributed by atoms with Crippen molar-refractivity contribution in [3.8, 4) is 0 Å². The monoisotopic (exact) mass is 338 g/mol. The number of aliphatic hydroxyl groups is 2. The van der Waals surface area contributed by atoms with E-state index >= 15 is 0 Å². The van der Waals surface area contributed by atoms with Crippen LogP contribution in [0.3, 0.4) is 0 Å². The molecule has 0 aliphatic carbocycles. The Morgan fingerprint density at radius 1 is 0.565 bits per heavy atom. The van der Waals surface area contributed by atoms with Gasteiger partial charge in [-0.1, -0.05) is 65.2 Å². The Labute approximate surface area is 144 Å². The van der Waals surface area contributed by atoms with Gasteiger partial charge in [-0.25, -0.2) is 0 Å². The quantitative estimate of drug-likeness (QED) is 0.475. The molecular formula is C18H42O5. The maximum Gasteiger partial charge on any atom is 0.0701 e. The first-order valence-electron chi connectivity index (χ1n) is 9.02. The molecule has 0 spiro atoms. The molecule has 0 atom stereocenters. The summed E-state index contributed by atoms with van der Waals surface area (Å²) in [5.74, 6) is 0. The molecule has 23 heavy (non-hydrogen) atoms. The minimum absolute atomic E-state index is 0.0417. The van der Waals surface area contributed by atoms with E-state index in [1.165, 1.54) is 51.4 Å². The zero-order chi connectivity index (χ0) is 18.0. The fourth-order valence-corrected chi connectivity index (χ4v) is 1.66. The van der Waals surface area contributed by atoms with Crippen LogP contribution in [0.4, 0.5) is 0 Å². The van der Waals surface area contributed by atoms with E-state index in [1.54, 1.807) is 14.2 Å². The summed E-state index contributed by atoms with van der Waals surface area (Å²) in [5.41, 5.74) is 0. The van der Waals surface area contributed by atoms with Crippen LogP contribution < -0.4 is 0 Å². The molecule has 0 fully saturated rings. The highest BCUT2D eigenvalue weighted by Gasteiger charge is 1.88. The van der Waals surface area contributed by atoms with E-state index < -0.39 is 0 Å². The molecule has 0 aromatic rings. The van der Waals surface area contributed by atoms with Crippen molar-refractivity contribution < 1.29 is 24.4 Å². The van der Waals surface area contributed by atoms with Crippen LogP contribution in [0.25, 0.3) is 0 Å². The maximum atomic E-state index is 8.26. The summed E-state index contributed by atoms with van der Waals surface area (Å²) in [5, 5.41) is 16.5. The van der Waals surface area contributed by atoms with Gasteiger partial charge in [-0.2, -0.15) is 0 Å². The third-order valence-electron chi connectivity index (χ3n) is 2.80. The molecule has 0 radical (unpaired) electrons. The molecule has 0 aromatic carbocycles. The lowest BCUT2D eigenvalue weighted by Gasteiger charge is -2.01. The Morgan fingerprint density at radius 2 is 0.870 bits per heavy atom. The number of aliphatic hydroxyl groups excluding tert-OH is 2. The first-order chi connectivity index (χ1) is 11.2. The molecular weight excluding hydrogens is 296 g/mol. The van der Waals surface area contributed by atoms with Crippen LogP contribution >= 0.6 is 0 Å². The van der Waals surface area contributed by atoms with Crippen molar-refractivity contribution in [2.45, 2.75) is 65.2 Å². The van der Waals surface area contributed by atoms with Gasteiger partial charge < -0.3 is 24.4 Å². The lowest BCUT2D eigenvalue weighted by Crippen LogP contribution is -2.09. The Hall–Kier alpha value is -0.200. The largest absolute Gasteiger partial charge is 0.394 e. The number of rotatable bonds is 14. The minimum Gasteiger partial charge on any atom is -0.394 e. The smallest absolute Gasteiger partial charge is 0.0701 e. The van der Waals surface area contributed by atoms with E-state index in [9.17, 15) is 0 Å². The average molecular weight is 339 g/mol. The summed E-state index contributed by atoms with van der Waals surface area (Å²) in [6.45, 7) is 6.27. The second-order valence-electron chi connectivity index (χ2n) is 5.20. The predicted molar refractivity (Wildman–Crippen MR) is 97.0 cm³/mol. The second-order valence-corrected chi connectivity index (χ2v) is 5.20. The van der Waals surface area contributed by atoms with Crippen molar-refractivity contribution in [2.24, 2.45) is 0 Å². The zero-order valence-electron chi connectivity index (χ0n) is 16.0. The molecule has 0 aliphatic rings. The van der Waals surface area contributed by atoms with Crippen LogP contribution in [-0.4, -0.2) is 64.1 Å². The fourth-order valence-electron chi connectivity index (χ4n) is 1.66. The topological polar surface area (TPSA) is 68.2 Å². The highest BCUT2D eigenvalue weighted by Crippen LogP contribution is 2.07. The summed E-state index contributed by atoms with van der Waals surface area (Å²) in [6.07, 6.45) is 11.5. The molecule has 0 bridgehead atoms. The summed E-state index contributed by atoms with van der Waals surface area (Å²) in [4.78, 5) is 0. The van der Waals surface area contributed by atoms with Gasteiger partial charge in [0.1, 0.15) is 0 Å². The highest BCUT2D eigenvalue weighted by molar-refractivity contribution is 4.43. The Balaban J connectivity index is -0.000000297. The highest BCUT2D eigenvalue weighted by atomic mass is 16.5. The van der Waals surface area contributed by atoms with Crippen LogP contribution in [-0.2, 0) is 14.2 Å². The van der Waals surface area contributed by atoms with E-state index in [1.807, 2.05) is 0 Å². The van der Waals surface area contributed by atoms with Gasteiger partial charge in [0.25, 0.3) is 0 Å². The molecule has 0 amide bonds. The van der Waals surface area contributed by atoms with Crippen molar-refractivity contribution >= 4 is 0 Å². The van der Waals surface area contributed by atoms with Crippen LogP contribution in [0, 0.1) is 0 Å². The van der Waals surface area contributed by atoms with Gasteiger partial charge in [0.2, 0.25) is 0 Å². The maximum absolute atomic E-state index is 8.26. The molecule has 0 aromatic heterocycles. The molecule has 5 nitrogen and oxygen atoms in total. The molecule has 2 N–H and O–H groups in total. The summed E-state index contributed by atoms with van der Waals surface area (Å²) >= 11 is 0. The number of methoxy groups -OCH3 is 1. The van der Waals surface area contributed by atoms with Crippen molar-refractivity contribution in [1.29, 1.82) is 0 Å². The molecule has 0 heterocycles. The van der Waals surface area contributed by atoms with Gasteiger partial charge in [-0.3, -0.25) is 0 Å². The Morgan fingerprint density at radius 3 is 1.13 bits per heavy atom. The van der Waals surface area contributed by atoms with Gasteiger partial charge in [-0.15, -0.1) is 0 Å². The van der Waals surface area contributed by atoms with Crippen molar-refractivity contribution in [3.63, 3.8) is 0 Å². The van der Waals surface area contributed by atoms with Gasteiger partial charge in [0, 0.05) is 14.2 Å². The number of ether oxygens (including phenoxy) is 3. The van der Waals surface area contributed by atoms with Crippen LogP contribution in [0.15, 0.2) is 0 Å². The SMILES string of the molecule is CCCCCCCCCC.COC.OCCOCCOCCO. The standard InChI is InChI=1S/C10H22.C6H14O4.C2H6O/c1-3-5-7-9-10-8-6-4-2;7-1-3-9-5-6-10-4-2-8;1-3-2/h3-10H2,1-2H3;7-8H,1-6H2;1-2H3. The van der Waals surface area contributed by atoms with Gasteiger partial charge in [-0.05, 0) is 0 Å². The molecule has 144 valence electrons. The molecule has 0 saturated heterocycles. The van der Waals surface area contributed by atoms with Crippen LogP contribution in [0.1, 0.15) is 65.2 Å². The average Bonchev–Trinajstić information content (AvgIpc) is 2.56. The van der Waals surface area contributed by atoms with E-state index in [0.29, 0.717) is 26.4 Å². The van der Waals surface area contributed by atoms with Gasteiger partial charge in [0.15, 0.2) is 0 Å². The molecule has 5 heteroatoms. The lowest BCUT2D eigenvalue weighted by molar-refractivity contribution is 0.0222. The van der Waals surface area contributed by atoms with E-state index in [0.717, 1.165) is 0 Å². The summed E-state index contributed by atoms with van der Waals surface area (Å²) < 4.78 is 14.0. The second kappa shape index (κ2) is 33.4. The fraction of sp³-hybridized carbons (Fsp3) is 1.00. The number of hydrogen-bond acceptors (Lipinski definition) is 5. The van der Waals surface area contributed by atoms with Crippen molar-refractivity contribution in [2.75, 3.05) is 53.9 Å². The number of unbranched alkanes of at least 4 members (excludes halogenated alkanes) is 7.